The second-order valence-electron chi connectivity index (χ2n) is 17.6. The Hall–Kier alpha value is -4.43. The van der Waals surface area contributed by atoms with Gasteiger partial charge < -0.3 is 34.7 Å². The number of aromatic nitrogens is 1. The topological polar surface area (TPSA) is 188 Å². The van der Waals surface area contributed by atoms with Crippen molar-refractivity contribution in [2.75, 3.05) is 58.9 Å². The molecule has 1 spiro atoms. The van der Waals surface area contributed by atoms with Gasteiger partial charge in [0, 0.05) is 88.9 Å². The number of nitrogens with zero attached hydrogens (tertiary/aromatic N) is 6. The van der Waals surface area contributed by atoms with Crippen LogP contribution in [0.15, 0.2) is 53.7 Å². The van der Waals surface area contributed by atoms with Crippen molar-refractivity contribution in [1.29, 1.82) is 0 Å². The predicted octanol–water partition coefficient (Wildman–Crippen LogP) is 4.08. The number of aliphatic hydroxyl groups excluding tert-OH is 1. The predicted molar refractivity (Wildman–Crippen MR) is 213 cm³/mol. The van der Waals surface area contributed by atoms with E-state index in [0.29, 0.717) is 88.2 Å². The fraction of sp³-hybridized carbons (Fsp3) is 0.581. The molecule has 3 fully saturated rings. The summed E-state index contributed by atoms with van der Waals surface area (Å²) in [4.78, 5) is 42.4. The molecule has 14 nitrogen and oxygen atoms in total. The number of likely N-dealkylation sites (N-methyl/N-ethyl adjacent to an activating group) is 1. The molecule has 9 rings (SSSR count). The van der Waals surface area contributed by atoms with Gasteiger partial charge in [0.2, 0.25) is 0 Å². The van der Waals surface area contributed by atoms with Crippen LogP contribution in [-0.2, 0) is 31.6 Å². The summed E-state index contributed by atoms with van der Waals surface area (Å²) in [5.74, 6) is -1.28. The van der Waals surface area contributed by atoms with E-state index in [4.69, 9.17) is 9.47 Å². The maximum atomic E-state index is 15.2. The third-order valence-electron chi connectivity index (χ3n) is 15.3. The van der Waals surface area contributed by atoms with Crippen LogP contribution < -0.4 is 9.64 Å². The number of nitrogens with one attached hydrogen (secondary N) is 1. The number of esters is 1. The first-order valence-electron chi connectivity index (χ1n) is 20.3. The number of aliphatic hydroxyl groups is 3. The van der Waals surface area contributed by atoms with Gasteiger partial charge in [0.25, 0.3) is 5.91 Å². The molecule has 10 atom stereocenters. The number of azide groups is 1. The van der Waals surface area contributed by atoms with E-state index in [1.165, 1.54) is 7.11 Å². The first-order chi connectivity index (χ1) is 27.3. The van der Waals surface area contributed by atoms with Gasteiger partial charge in [-0.2, -0.15) is 0 Å². The molecule has 302 valence electrons. The first-order valence-corrected chi connectivity index (χ1v) is 20.3. The van der Waals surface area contributed by atoms with Gasteiger partial charge in [-0.1, -0.05) is 44.2 Å². The Morgan fingerprint density at radius 1 is 1.07 bits per heavy atom. The molecular weight excluding hydrogens is 727 g/mol. The number of hydrogen-bond acceptors (Lipinski definition) is 10. The zero-order valence-electron chi connectivity index (χ0n) is 33.4. The molecule has 2 bridgehead atoms. The highest BCUT2D eigenvalue weighted by atomic mass is 16.5. The van der Waals surface area contributed by atoms with Gasteiger partial charge in [0.05, 0.1) is 25.9 Å². The van der Waals surface area contributed by atoms with E-state index in [0.717, 1.165) is 27.7 Å². The number of anilines is 1. The third kappa shape index (κ3) is 4.79. The number of H-pyrrole nitrogens is 1. The summed E-state index contributed by atoms with van der Waals surface area (Å²) >= 11 is 0. The molecule has 6 heterocycles. The van der Waals surface area contributed by atoms with Crippen LogP contribution in [0.1, 0.15) is 68.3 Å². The zero-order chi connectivity index (χ0) is 40.3. The molecule has 1 unspecified atom stereocenters. The molecule has 1 amide bonds. The van der Waals surface area contributed by atoms with E-state index >= 15 is 4.79 Å². The fourth-order valence-corrected chi connectivity index (χ4v) is 13.1. The lowest BCUT2D eigenvalue weighted by Gasteiger charge is -2.63. The third-order valence-corrected chi connectivity index (χ3v) is 15.3. The number of methoxy groups -OCH3 is 2. The maximum Gasteiger partial charge on any atom is 0.322 e. The monoisotopic (exact) mass is 779 g/mol. The summed E-state index contributed by atoms with van der Waals surface area (Å²) in [6.07, 6.45) is 5.30. The number of para-hydroxylation sites is 1. The van der Waals surface area contributed by atoms with E-state index in [-0.39, 0.29) is 12.0 Å². The van der Waals surface area contributed by atoms with Crippen molar-refractivity contribution in [1.82, 2.24) is 14.8 Å². The van der Waals surface area contributed by atoms with E-state index in [1.54, 1.807) is 14.2 Å². The second-order valence-corrected chi connectivity index (χ2v) is 17.6. The van der Waals surface area contributed by atoms with Gasteiger partial charge in [-0.25, -0.2) is 0 Å². The van der Waals surface area contributed by atoms with Crippen LogP contribution in [0.25, 0.3) is 21.3 Å². The molecular formula is C43H53N7O7. The quantitative estimate of drug-likeness (QED) is 0.0934. The molecule has 3 aromatic rings. The number of rotatable bonds is 6. The zero-order valence-corrected chi connectivity index (χ0v) is 33.4. The minimum atomic E-state index is -2.49. The molecule has 6 aliphatic rings. The normalized spacial score (nSPS) is 37.8. The largest absolute Gasteiger partial charge is 0.496 e. The molecule has 1 aromatic heterocycles. The van der Waals surface area contributed by atoms with Crippen LogP contribution >= 0.6 is 0 Å². The van der Waals surface area contributed by atoms with Crippen molar-refractivity contribution < 1.29 is 34.4 Å². The van der Waals surface area contributed by atoms with Crippen molar-refractivity contribution in [3.05, 3.63) is 81.4 Å². The standard InChI is InChI=1S/C43H53N7O7/c1-6-39(54)21-25-22-42(38(53)57-5,33-27(13-17-49(23-25)24-39)26-11-8-9-12-30(26)45-33)29-19-28-31(20-32(29)56-4)48(3)35-41(28)15-18-50-16-10-14-40(7-2,34(41)50)36(51)43(35,55)37(52)46-47-44/h8-12,14,19-20,25,34-36,45,51,54-55H,6-7,13,15-18,21-24H2,1-5H3/t25-,34+,35-,36-,39+,40-,41-,42+,43+/m1/s1. The Bertz CT molecular complexity index is 2250. The maximum absolute atomic E-state index is 15.2. The van der Waals surface area contributed by atoms with Crippen LogP contribution in [-0.4, -0.2) is 125 Å². The number of ether oxygens (including phenoxy) is 2. The lowest BCUT2D eigenvalue weighted by molar-refractivity contribution is -0.201. The van der Waals surface area contributed by atoms with Gasteiger partial charge in [0.1, 0.15) is 17.3 Å². The lowest BCUT2D eigenvalue weighted by Crippen LogP contribution is -2.80. The highest BCUT2D eigenvalue weighted by Gasteiger charge is 2.78. The Morgan fingerprint density at radius 2 is 1.86 bits per heavy atom. The SMILES string of the molecule is CC[C@]1(O)C[C@H]2CN(CCc3c([nH]c4ccccc34)[C@@](C(=O)OC)(c3cc4c(cc3OC)N(C)[C@H]3[C@@](O)(C(=O)N=[N+]=[N-])[C@H](O)[C@]5(CC)C=CCN6CC[C@]43[C@@H]65)C2)C1. The number of fused-ring (bicyclic) bond motifs is 6. The lowest BCUT2D eigenvalue weighted by atomic mass is 9.47. The molecule has 2 aromatic carbocycles. The minimum absolute atomic E-state index is 0.110. The number of piperidine rings is 1. The summed E-state index contributed by atoms with van der Waals surface area (Å²) in [7, 11) is 4.79. The van der Waals surface area contributed by atoms with Crippen LogP contribution in [0.2, 0.25) is 0 Å². The van der Waals surface area contributed by atoms with Gasteiger partial charge in [0.15, 0.2) is 5.60 Å². The van der Waals surface area contributed by atoms with E-state index in [2.05, 4.69) is 36.9 Å². The molecule has 57 heavy (non-hydrogen) atoms. The summed E-state index contributed by atoms with van der Waals surface area (Å²) in [6, 6.07) is 10.6. The number of aromatic amines is 1. The smallest absolute Gasteiger partial charge is 0.322 e. The number of carbonyl (C=O) groups excluding carboxylic acids is 2. The number of benzene rings is 2. The Morgan fingerprint density at radius 3 is 2.58 bits per heavy atom. The van der Waals surface area contributed by atoms with Gasteiger partial charge in [-0.05, 0) is 84.9 Å². The van der Waals surface area contributed by atoms with Crippen molar-refractivity contribution in [3.8, 4) is 5.75 Å². The molecule has 4 N–H and O–H groups in total. The number of amides is 1. The second kappa shape index (κ2) is 13.0. The number of carbonyl (C=O) groups is 2. The van der Waals surface area contributed by atoms with Crippen molar-refractivity contribution in [3.63, 3.8) is 0 Å². The summed E-state index contributed by atoms with van der Waals surface area (Å²) in [6.45, 7) is 7.16. The molecule has 5 aliphatic heterocycles. The van der Waals surface area contributed by atoms with Crippen molar-refractivity contribution in [2.24, 2.45) is 16.4 Å². The Balaban J connectivity index is 1.37. The van der Waals surface area contributed by atoms with Crippen molar-refractivity contribution >= 4 is 28.5 Å². The molecule has 2 saturated heterocycles. The molecule has 0 radical (unpaired) electrons. The molecule has 1 aliphatic carbocycles. The van der Waals surface area contributed by atoms with Crippen LogP contribution in [0.5, 0.6) is 5.75 Å². The fourth-order valence-electron chi connectivity index (χ4n) is 13.1. The van der Waals surface area contributed by atoms with Gasteiger partial charge in [-0.3, -0.25) is 19.4 Å². The van der Waals surface area contributed by atoms with Crippen LogP contribution in [0.4, 0.5) is 5.69 Å². The summed E-state index contributed by atoms with van der Waals surface area (Å²) < 4.78 is 12.2. The van der Waals surface area contributed by atoms with Gasteiger partial charge >= 0.3 is 5.97 Å². The van der Waals surface area contributed by atoms with E-state index < -0.39 is 51.5 Å². The average Bonchev–Trinajstić information content (AvgIpc) is 3.88. The Kier molecular flexibility index (Phi) is 8.72. The van der Waals surface area contributed by atoms with Crippen molar-refractivity contribution in [2.45, 2.75) is 92.6 Å². The van der Waals surface area contributed by atoms with E-state index in [9.17, 15) is 25.6 Å². The van der Waals surface area contributed by atoms with Crippen LogP contribution in [0.3, 0.4) is 0 Å². The summed E-state index contributed by atoms with van der Waals surface area (Å²) in [5, 5.41) is 41.7. The average molecular weight is 780 g/mol. The highest BCUT2D eigenvalue weighted by molar-refractivity contribution is 5.95. The summed E-state index contributed by atoms with van der Waals surface area (Å²) in [5.41, 5.74) is 7.34. The Labute approximate surface area is 332 Å². The minimum Gasteiger partial charge on any atom is -0.496 e. The van der Waals surface area contributed by atoms with Gasteiger partial charge in [-0.15, -0.1) is 0 Å². The number of hydrogen-bond donors (Lipinski definition) is 4. The first kappa shape index (κ1) is 38.1. The highest BCUT2D eigenvalue weighted by Crippen LogP contribution is 2.67. The molecule has 1 saturated carbocycles. The molecule has 14 heteroatoms. The van der Waals surface area contributed by atoms with Crippen LogP contribution in [0, 0.1) is 11.3 Å². The van der Waals surface area contributed by atoms with E-state index in [1.807, 2.05) is 55.2 Å².